The Labute approximate surface area is 141 Å². The lowest BCUT2D eigenvalue weighted by molar-refractivity contribution is 0.0941. The van der Waals surface area contributed by atoms with E-state index in [0.29, 0.717) is 40.8 Å². The van der Waals surface area contributed by atoms with E-state index in [-0.39, 0.29) is 5.91 Å². The van der Waals surface area contributed by atoms with E-state index < -0.39 is 0 Å². The van der Waals surface area contributed by atoms with Gasteiger partial charge in [0, 0.05) is 25.3 Å². The first kappa shape index (κ1) is 17.5. The van der Waals surface area contributed by atoms with Crippen molar-refractivity contribution in [2.75, 3.05) is 19.8 Å². The van der Waals surface area contributed by atoms with E-state index in [0.717, 1.165) is 19.4 Å². The maximum absolute atomic E-state index is 12.4. The van der Waals surface area contributed by atoms with Crippen molar-refractivity contribution in [2.45, 2.75) is 26.7 Å². The summed E-state index contributed by atoms with van der Waals surface area (Å²) in [5.41, 5.74) is 1.62. The monoisotopic (exact) mass is 336 g/mol. The van der Waals surface area contributed by atoms with Crippen LogP contribution < -0.4 is 5.32 Å². The molecule has 1 N–H and O–H groups in total. The van der Waals surface area contributed by atoms with Crippen molar-refractivity contribution in [1.29, 1.82) is 0 Å². The van der Waals surface area contributed by atoms with Gasteiger partial charge in [0.15, 0.2) is 5.76 Å². The summed E-state index contributed by atoms with van der Waals surface area (Å²) in [5, 5.41) is 7.29. The summed E-state index contributed by atoms with van der Waals surface area (Å²) < 4.78 is 10.7. The highest BCUT2D eigenvalue weighted by molar-refractivity contribution is 6.33. The fraction of sp³-hybridized carbons (Fsp3) is 0.412. The van der Waals surface area contributed by atoms with Crippen LogP contribution in [0.25, 0.3) is 11.3 Å². The topological polar surface area (TPSA) is 64.4 Å². The van der Waals surface area contributed by atoms with Crippen molar-refractivity contribution in [3.05, 3.63) is 40.5 Å². The molecule has 0 aliphatic carbocycles. The van der Waals surface area contributed by atoms with Gasteiger partial charge in [-0.25, -0.2) is 0 Å². The number of ether oxygens (including phenoxy) is 1. The third-order valence-corrected chi connectivity index (χ3v) is 3.64. The molecule has 0 bridgehead atoms. The molecular formula is C17H21ClN2O3. The Kier molecular flexibility index (Phi) is 6.62. The SMILES string of the molecule is CCCOCCCNC(=O)c1c(C)noc1-c1ccccc1Cl. The first-order valence-corrected chi connectivity index (χ1v) is 8.10. The zero-order valence-electron chi connectivity index (χ0n) is 13.4. The van der Waals surface area contributed by atoms with Gasteiger partial charge in [-0.05, 0) is 31.9 Å². The van der Waals surface area contributed by atoms with E-state index in [1.807, 2.05) is 12.1 Å². The summed E-state index contributed by atoms with van der Waals surface area (Å²) in [6, 6.07) is 7.22. The van der Waals surface area contributed by atoms with Crippen molar-refractivity contribution in [3.8, 4) is 11.3 Å². The molecule has 0 saturated carbocycles. The fourth-order valence-electron chi connectivity index (χ4n) is 2.18. The molecule has 23 heavy (non-hydrogen) atoms. The summed E-state index contributed by atoms with van der Waals surface area (Å²) >= 11 is 6.18. The quantitative estimate of drug-likeness (QED) is 0.744. The van der Waals surface area contributed by atoms with Crippen LogP contribution in [0, 0.1) is 6.92 Å². The van der Waals surface area contributed by atoms with Gasteiger partial charge in [0.1, 0.15) is 5.56 Å². The van der Waals surface area contributed by atoms with Gasteiger partial charge in [0.05, 0.1) is 10.7 Å². The zero-order valence-corrected chi connectivity index (χ0v) is 14.2. The molecule has 0 unspecified atom stereocenters. The van der Waals surface area contributed by atoms with Crippen LogP contribution in [0.5, 0.6) is 0 Å². The number of amides is 1. The number of aryl methyl sites for hydroxylation is 1. The van der Waals surface area contributed by atoms with E-state index in [9.17, 15) is 4.79 Å². The number of rotatable bonds is 8. The summed E-state index contributed by atoms with van der Waals surface area (Å²) in [6.45, 7) is 5.72. The van der Waals surface area contributed by atoms with Gasteiger partial charge in [-0.2, -0.15) is 0 Å². The number of nitrogens with zero attached hydrogens (tertiary/aromatic N) is 1. The van der Waals surface area contributed by atoms with Crippen molar-refractivity contribution in [3.63, 3.8) is 0 Å². The van der Waals surface area contributed by atoms with Gasteiger partial charge < -0.3 is 14.6 Å². The Hall–Kier alpha value is -1.85. The number of hydrogen-bond donors (Lipinski definition) is 1. The van der Waals surface area contributed by atoms with Crippen LogP contribution in [-0.2, 0) is 4.74 Å². The number of benzene rings is 1. The van der Waals surface area contributed by atoms with Crippen LogP contribution in [0.1, 0.15) is 35.8 Å². The molecule has 5 nitrogen and oxygen atoms in total. The van der Waals surface area contributed by atoms with E-state index in [1.54, 1.807) is 19.1 Å². The lowest BCUT2D eigenvalue weighted by Crippen LogP contribution is -2.26. The van der Waals surface area contributed by atoms with Crippen LogP contribution in [0.4, 0.5) is 0 Å². The molecule has 0 aliphatic heterocycles. The van der Waals surface area contributed by atoms with Crippen molar-refractivity contribution >= 4 is 17.5 Å². The Balaban J connectivity index is 2.04. The first-order valence-electron chi connectivity index (χ1n) is 7.72. The molecule has 2 aromatic rings. The standard InChI is InChI=1S/C17H21ClN2O3/c1-3-10-22-11-6-9-19-17(21)15-12(2)20-23-16(15)13-7-4-5-8-14(13)18/h4-5,7-8H,3,6,9-11H2,1-2H3,(H,19,21). The lowest BCUT2D eigenvalue weighted by atomic mass is 10.1. The second kappa shape index (κ2) is 8.70. The smallest absolute Gasteiger partial charge is 0.257 e. The average Bonchev–Trinajstić information content (AvgIpc) is 2.92. The number of halogens is 1. The van der Waals surface area contributed by atoms with Gasteiger partial charge in [-0.15, -0.1) is 0 Å². The van der Waals surface area contributed by atoms with Gasteiger partial charge in [0.25, 0.3) is 5.91 Å². The number of carbonyl (C=O) groups excluding carboxylic acids is 1. The minimum Gasteiger partial charge on any atom is -0.381 e. The van der Waals surface area contributed by atoms with Crippen LogP contribution in [0.15, 0.2) is 28.8 Å². The van der Waals surface area contributed by atoms with Crippen molar-refractivity contribution in [2.24, 2.45) is 0 Å². The van der Waals surface area contributed by atoms with Crippen LogP contribution in [0.3, 0.4) is 0 Å². The predicted octanol–water partition coefficient (Wildman–Crippen LogP) is 3.85. The molecule has 2 rings (SSSR count). The normalized spacial score (nSPS) is 10.7. The predicted molar refractivity (Wildman–Crippen MR) is 89.7 cm³/mol. The molecule has 1 aromatic heterocycles. The highest BCUT2D eigenvalue weighted by Crippen LogP contribution is 2.31. The minimum absolute atomic E-state index is 0.214. The molecular weight excluding hydrogens is 316 g/mol. The van der Waals surface area contributed by atoms with Crippen molar-refractivity contribution < 1.29 is 14.1 Å². The second-order valence-corrected chi connectivity index (χ2v) is 5.58. The Morgan fingerprint density at radius 3 is 2.87 bits per heavy atom. The molecule has 0 atom stereocenters. The molecule has 0 fully saturated rings. The molecule has 0 spiro atoms. The lowest BCUT2D eigenvalue weighted by Gasteiger charge is -2.07. The Morgan fingerprint density at radius 1 is 1.35 bits per heavy atom. The van der Waals surface area contributed by atoms with E-state index in [1.165, 1.54) is 0 Å². The highest BCUT2D eigenvalue weighted by atomic mass is 35.5. The molecule has 6 heteroatoms. The minimum atomic E-state index is -0.214. The molecule has 0 radical (unpaired) electrons. The summed E-state index contributed by atoms with van der Waals surface area (Å²) in [5.74, 6) is 0.182. The van der Waals surface area contributed by atoms with Crippen LogP contribution >= 0.6 is 11.6 Å². The Bertz CT molecular complexity index is 655. The van der Waals surface area contributed by atoms with E-state index >= 15 is 0 Å². The summed E-state index contributed by atoms with van der Waals surface area (Å²) in [6.07, 6.45) is 1.75. The Morgan fingerprint density at radius 2 is 2.13 bits per heavy atom. The molecule has 1 heterocycles. The third-order valence-electron chi connectivity index (χ3n) is 3.31. The van der Waals surface area contributed by atoms with Gasteiger partial charge in [0.2, 0.25) is 0 Å². The zero-order chi connectivity index (χ0) is 16.7. The number of aromatic nitrogens is 1. The maximum atomic E-state index is 12.4. The largest absolute Gasteiger partial charge is 0.381 e. The molecule has 124 valence electrons. The summed E-state index contributed by atoms with van der Waals surface area (Å²) in [4.78, 5) is 12.4. The van der Waals surface area contributed by atoms with Crippen LogP contribution in [0.2, 0.25) is 5.02 Å². The highest BCUT2D eigenvalue weighted by Gasteiger charge is 2.22. The van der Waals surface area contributed by atoms with Crippen LogP contribution in [-0.4, -0.2) is 30.8 Å². The van der Waals surface area contributed by atoms with Gasteiger partial charge in [-0.3, -0.25) is 4.79 Å². The molecule has 1 aromatic carbocycles. The fourth-order valence-corrected chi connectivity index (χ4v) is 2.40. The van der Waals surface area contributed by atoms with Gasteiger partial charge in [-0.1, -0.05) is 35.8 Å². The van der Waals surface area contributed by atoms with Crippen molar-refractivity contribution in [1.82, 2.24) is 10.5 Å². The number of carbonyl (C=O) groups is 1. The molecule has 0 aliphatic rings. The third kappa shape index (κ3) is 4.56. The number of nitrogens with one attached hydrogen (secondary N) is 1. The number of hydrogen-bond acceptors (Lipinski definition) is 4. The van der Waals surface area contributed by atoms with Gasteiger partial charge >= 0.3 is 0 Å². The van der Waals surface area contributed by atoms with E-state index in [4.69, 9.17) is 20.9 Å². The summed E-state index contributed by atoms with van der Waals surface area (Å²) in [7, 11) is 0. The van der Waals surface area contributed by atoms with E-state index in [2.05, 4.69) is 17.4 Å². The first-order chi connectivity index (χ1) is 11.1. The molecule has 1 amide bonds. The maximum Gasteiger partial charge on any atom is 0.257 e. The second-order valence-electron chi connectivity index (χ2n) is 5.17. The average molecular weight is 337 g/mol. The molecule has 0 saturated heterocycles.